The Morgan fingerprint density at radius 3 is 2.92 bits per heavy atom. The first-order valence-corrected chi connectivity index (χ1v) is 5.61. The molecular weight excluding hydrogens is 273 g/mol. The van der Waals surface area contributed by atoms with Gasteiger partial charge in [0, 0.05) is 27.9 Å². The molecule has 0 saturated heterocycles. The summed E-state index contributed by atoms with van der Waals surface area (Å²) in [5.41, 5.74) is 2.74. The molecule has 1 aliphatic heterocycles. The summed E-state index contributed by atoms with van der Waals surface area (Å²) in [7, 11) is 0. The Labute approximate surface area is 92.6 Å². The van der Waals surface area contributed by atoms with Crippen molar-refractivity contribution in [2.75, 3.05) is 18.0 Å². The highest BCUT2D eigenvalue weighted by Crippen LogP contribution is 2.34. The second-order valence-electron chi connectivity index (χ2n) is 3.11. The van der Waals surface area contributed by atoms with Crippen LogP contribution < -0.4 is 4.90 Å². The van der Waals surface area contributed by atoms with Crippen molar-refractivity contribution in [1.82, 2.24) is 0 Å². The highest BCUT2D eigenvalue weighted by atomic mass is 127. The molecule has 0 atom stereocenters. The van der Waals surface area contributed by atoms with E-state index in [9.17, 15) is 0 Å². The highest BCUT2D eigenvalue weighted by Gasteiger charge is 2.14. The lowest BCUT2D eigenvalue weighted by Crippen LogP contribution is -2.25. The van der Waals surface area contributed by atoms with Gasteiger partial charge in [-0.25, -0.2) is 0 Å². The molecule has 1 aromatic rings. The zero-order valence-electron chi connectivity index (χ0n) is 7.63. The van der Waals surface area contributed by atoms with Crippen LogP contribution in [0.2, 0.25) is 0 Å². The van der Waals surface area contributed by atoms with Crippen molar-refractivity contribution in [3.05, 3.63) is 35.9 Å². The van der Waals surface area contributed by atoms with Crippen LogP contribution in [-0.4, -0.2) is 13.1 Å². The summed E-state index contributed by atoms with van der Waals surface area (Å²) < 4.78 is 1.37. The first-order chi connectivity index (χ1) is 6.33. The molecule has 2 rings (SSSR count). The molecule has 0 N–H and O–H groups in total. The van der Waals surface area contributed by atoms with Gasteiger partial charge in [-0.2, -0.15) is 0 Å². The fourth-order valence-corrected chi connectivity index (χ4v) is 2.30. The fourth-order valence-electron chi connectivity index (χ4n) is 1.65. The maximum Gasteiger partial charge on any atom is 0.0453 e. The SMILES string of the molecule is CCN1CC=C(I)c2ccccc21. The maximum absolute atomic E-state index is 2.41. The molecule has 2 heteroatoms. The zero-order chi connectivity index (χ0) is 9.26. The van der Waals surface area contributed by atoms with Gasteiger partial charge in [0.15, 0.2) is 0 Å². The van der Waals surface area contributed by atoms with Crippen LogP contribution in [-0.2, 0) is 0 Å². The Morgan fingerprint density at radius 1 is 1.38 bits per heavy atom. The van der Waals surface area contributed by atoms with Crippen molar-refractivity contribution in [3.8, 4) is 0 Å². The summed E-state index contributed by atoms with van der Waals surface area (Å²) >= 11 is 2.41. The third-order valence-electron chi connectivity index (χ3n) is 2.37. The molecule has 0 aromatic heterocycles. The largest absolute Gasteiger partial charge is 0.368 e. The van der Waals surface area contributed by atoms with E-state index >= 15 is 0 Å². The molecule has 0 bridgehead atoms. The number of nitrogens with zero attached hydrogens (tertiary/aromatic N) is 1. The lowest BCUT2D eigenvalue weighted by atomic mass is 10.1. The monoisotopic (exact) mass is 285 g/mol. The average Bonchev–Trinajstić information content (AvgIpc) is 2.19. The van der Waals surface area contributed by atoms with Crippen molar-refractivity contribution in [3.63, 3.8) is 0 Å². The Bertz CT molecular complexity index is 344. The van der Waals surface area contributed by atoms with Gasteiger partial charge >= 0.3 is 0 Å². The molecule has 0 fully saturated rings. The molecule has 0 unspecified atom stereocenters. The van der Waals surface area contributed by atoms with Crippen LogP contribution in [0.5, 0.6) is 0 Å². The second kappa shape index (κ2) is 3.70. The number of hydrogen-bond acceptors (Lipinski definition) is 1. The summed E-state index contributed by atoms with van der Waals surface area (Å²) in [4.78, 5) is 2.39. The standard InChI is InChI=1S/C11H12IN/c1-2-13-8-7-10(12)9-5-3-4-6-11(9)13/h3-7H,2,8H2,1H3. The minimum atomic E-state index is 1.05. The van der Waals surface area contributed by atoms with Crippen LogP contribution in [0.15, 0.2) is 30.3 Å². The number of anilines is 1. The predicted octanol–water partition coefficient (Wildman–Crippen LogP) is 3.30. The minimum Gasteiger partial charge on any atom is -0.368 e. The Morgan fingerprint density at radius 2 is 2.15 bits per heavy atom. The molecular formula is C11H12IN. The molecule has 1 aromatic carbocycles. The van der Waals surface area contributed by atoms with Gasteiger partial charge in [0.2, 0.25) is 0 Å². The fraction of sp³-hybridized carbons (Fsp3) is 0.273. The Hall–Kier alpha value is -0.510. The Kier molecular flexibility index (Phi) is 2.58. The van der Waals surface area contributed by atoms with E-state index in [0.717, 1.165) is 13.1 Å². The normalized spacial score (nSPS) is 15.2. The molecule has 0 radical (unpaired) electrons. The molecule has 0 amide bonds. The highest BCUT2D eigenvalue weighted by molar-refractivity contribution is 14.1. The van der Waals surface area contributed by atoms with E-state index in [-0.39, 0.29) is 0 Å². The second-order valence-corrected chi connectivity index (χ2v) is 4.27. The van der Waals surface area contributed by atoms with Crippen LogP contribution in [0, 0.1) is 0 Å². The van der Waals surface area contributed by atoms with Gasteiger partial charge in [0.05, 0.1) is 0 Å². The molecule has 68 valence electrons. The van der Waals surface area contributed by atoms with Crippen molar-refractivity contribution in [2.24, 2.45) is 0 Å². The van der Waals surface area contributed by atoms with E-state index in [1.165, 1.54) is 14.8 Å². The number of benzene rings is 1. The van der Waals surface area contributed by atoms with Crippen molar-refractivity contribution < 1.29 is 0 Å². The number of para-hydroxylation sites is 1. The summed E-state index contributed by atoms with van der Waals surface area (Å²) in [5.74, 6) is 0. The van der Waals surface area contributed by atoms with Crippen LogP contribution in [0.3, 0.4) is 0 Å². The molecule has 0 saturated carbocycles. The number of fused-ring (bicyclic) bond motifs is 1. The summed E-state index contributed by atoms with van der Waals surface area (Å²) in [6.45, 7) is 4.33. The number of halogens is 1. The van der Waals surface area contributed by atoms with Crippen LogP contribution >= 0.6 is 22.6 Å². The van der Waals surface area contributed by atoms with E-state index in [1.54, 1.807) is 0 Å². The summed E-state index contributed by atoms with van der Waals surface area (Å²) in [6.07, 6.45) is 2.28. The van der Waals surface area contributed by atoms with Gasteiger partial charge in [0.25, 0.3) is 0 Å². The van der Waals surface area contributed by atoms with E-state index < -0.39 is 0 Å². The van der Waals surface area contributed by atoms with Crippen LogP contribution in [0.25, 0.3) is 3.58 Å². The van der Waals surface area contributed by atoms with E-state index in [0.29, 0.717) is 0 Å². The van der Waals surface area contributed by atoms with Gasteiger partial charge in [-0.15, -0.1) is 0 Å². The van der Waals surface area contributed by atoms with Gasteiger partial charge in [0.1, 0.15) is 0 Å². The molecule has 1 heterocycles. The first kappa shape index (κ1) is 9.06. The third-order valence-corrected chi connectivity index (χ3v) is 3.40. The van der Waals surface area contributed by atoms with E-state index in [4.69, 9.17) is 0 Å². The molecule has 0 aliphatic carbocycles. The lowest BCUT2D eigenvalue weighted by Gasteiger charge is -2.28. The predicted molar refractivity (Wildman–Crippen MR) is 66.3 cm³/mol. The topological polar surface area (TPSA) is 3.24 Å². The number of rotatable bonds is 1. The van der Waals surface area contributed by atoms with Gasteiger partial charge in [-0.3, -0.25) is 0 Å². The average molecular weight is 285 g/mol. The van der Waals surface area contributed by atoms with Gasteiger partial charge < -0.3 is 4.90 Å². The molecule has 0 spiro atoms. The van der Waals surface area contributed by atoms with Crippen molar-refractivity contribution in [2.45, 2.75) is 6.92 Å². The zero-order valence-corrected chi connectivity index (χ0v) is 9.78. The minimum absolute atomic E-state index is 1.05. The summed E-state index contributed by atoms with van der Waals surface area (Å²) in [6, 6.07) is 8.60. The third kappa shape index (κ3) is 1.59. The number of likely N-dealkylation sites (N-methyl/N-ethyl adjacent to an activating group) is 1. The van der Waals surface area contributed by atoms with Crippen molar-refractivity contribution >= 4 is 31.9 Å². The molecule has 1 nitrogen and oxygen atoms in total. The van der Waals surface area contributed by atoms with Gasteiger partial charge in [-0.05, 0) is 35.6 Å². The maximum atomic E-state index is 2.41. The molecule has 1 aliphatic rings. The number of hydrogen-bond donors (Lipinski definition) is 0. The van der Waals surface area contributed by atoms with E-state index in [2.05, 4.69) is 64.8 Å². The Balaban J connectivity index is 2.50. The van der Waals surface area contributed by atoms with E-state index in [1.807, 2.05) is 0 Å². The summed E-state index contributed by atoms with van der Waals surface area (Å²) in [5, 5.41) is 0. The van der Waals surface area contributed by atoms with Gasteiger partial charge in [-0.1, -0.05) is 24.3 Å². The van der Waals surface area contributed by atoms with Crippen LogP contribution in [0.4, 0.5) is 5.69 Å². The van der Waals surface area contributed by atoms with Crippen molar-refractivity contribution in [1.29, 1.82) is 0 Å². The lowest BCUT2D eigenvalue weighted by molar-refractivity contribution is 0.899. The quantitative estimate of drug-likeness (QED) is 0.716. The van der Waals surface area contributed by atoms with Crippen LogP contribution in [0.1, 0.15) is 12.5 Å². The first-order valence-electron chi connectivity index (χ1n) is 4.53. The molecule has 13 heavy (non-hydrogen) atoms. The smallest absolute Gasteiger partial charge is 0.0453 e.